The Hall–Kier alpha value is -0.360. The number of hydrogen-bond acceptors (Lipinski definition) is 1. The lowest BCUT2D eigenvalue weighted by atomic mass is 10.6. The van der Waals surface area contributed by atoms with Gasteiger partial charge in [-0.3, -0.25) is 0 Å². The number of rotatable bonds is 0. The van der Waals surface area contributed by atoms with Crippen molar-refractivity contribution in [2.24, 2.45) is 4.99 Å². The molecule has 1 heterocycles. The fourth-order valence-electron chi connectivity index (χ4n) is 0.542. The normalized spacial score (nSPS) is 28.7. The summed E-state index contributed by atoms with van der Waals surface area (Å²) in [5.74, 6) is 0. The third-order valence-electron chi connectivity index (χ3n) is 1.32. The molecule has 0 aromatic carbocycles. The highest BCUT2D eigenvalue weighted by molar-refractivity contribution is 5.50. The van der Waals surface area contributed by atoms with Crippen molar-refractivity contribution in [3.05, 3.63) is 12.4 Å². The predicted molar refractivity (Wildman–Crippen MR) is 29.9 cm³/mol. The Bertz CT molecular complexity index is 184. The maximum atomic E-state index is 12.0. The molecule has 0 N–H and O–H groups in total. The Kier molecular flexibility index (Phi) is 2.85. The first-order valence-corrected chi connectivity index (χ1v) is 2.60. The third-order valence-corrected chi connectivity index (χ3v) is 1.32. The maximum Gasteiger partial charge on any atom is 0.571 e. The monoisotopic (exact) mass is 230 g/mol. The zero-order chi connectivity index (χ0) is 7.83. The molecule has 64 valence electrons. The van der Waals surface area contributed by atoms with E-state index >= 15 is 0 Å². The summed E-state index contributed by atoms with van der Waals surface area (Å²) in [5.41, 5.74) is 0. The van der Waals surface area contributed by atoms with Crippen LogP contribution in [0.3, 0.4) is 0 Å². The zero-order valence-corrected chi connectivity index (χ0v) is 7.22. The highest BCUT2D eigenvalue weighted by Crippen LogP contribution is 2.29. The first kappa shape index (κ1) is 10.6. The molecule has 0 bridgehead atoms. The van der Waals surface area contributed by atoms with Crippen LogP contribution in [-0.2, 0) is 0 Å². The van der Waals surface area contributed by atoms with Gasteiger partial charge in [-0.05, 0) is 0 Å². The first-order valence-electron chi connectivity index (χ1n) is 2.60. The molecule has 1 rings (SSSR count). The minimum absolute atomic E-state index is 0. The van der Waals surface area contributed by atoms with E-state index in [4.69, 9.17) is 0 Å². The van der Waals surface area contributed by atoms with E-state index in [1.54, 1.807) is 0 Å². The summed E-state index contributed by atoms with van der Waals surface area (Å²) in [6.07, 6.45) is -1.34. The summed E-state index contributed by atoms with van der Waals surface area (Å²) in [5, 5.41) is 0. The number of aliphatic imine (C=N–C) groups is 1. The standard InChI is InChI=1S/C5H6F3N2.BrH/c1-10(5(6,7)8)3-2-9-4-10;/h2-4H,1H3;1H/q+1;/p-1. The van der Waals surface area contributed by atoms with Gasteiger partial charge >= 0.3 is 6.30 Å². The quantitative estimate of drug-likeness (QED) is 0.354. The lowest BCUT2D eigenvalue weighted by Crippen LogP contribution is -3.00. The van der Waals surface area contributed by atoms with Crippen LogP contribution in [0.4, 0.5) is 13.2 Å². The van der Waals surface area contributed by atoms with Crippen molar-refractivity contribution >= 4 is 6.34 Å². The smallest absolute Gasteiger partial charge is 0.571 e. The van der Waals surface area contributed by atoms with Crippen LogP contribution in [0.5, 0.6) is 0 Å². The van der Waals surface area contributed by atoms with E-state index < -0.39 is 10.8 Å². The van der Waals surface area contributed by atoms with Crippen LogP contribution in [-0.4, -0.2) is 24.2 Å². The van der Waals surface area contributed by atoms with Gasteiger partial charge in [-0.15, -0.1) is 13.2 Å². The van der Waals surface area contributed by atoms with Crippen LogP contribution < -0.4 is 17.0 Å². The van der Waals surface area contributed by atoms with Crippen molar-refractivity contribution < 1.29 is 34.6 Å². The van der Waals surface area contributed by atoms with Crippen LogP contribution in [0.2, 0.25) is 0 Å². The van der Waals surface area contributed by atoms with Crippen molar-refractivity contribution in [1.82, 2.24) is 0 Å². The first-order chi connectivity index (χ1) is 4.46. The zero-order valence-electron chi connectivity index (χ0n) is 5.64. The van der Waals surface area contributed by atoms with E-state index in [-0.39, 0.29) is 17.0 Å². The SMILES string of the molecule is C[N+]1(C(F)(F)F)C=CN=C1.[Br-]. The van der Waals surface area contributed by atoms with Crippen LogP contribution in [0.15, 0.2) is 17.4 Å². The molecule has 1 aliphatic heterocycles. The number of halogens is 4. The summed E-state index contributed by atoms with van der Waals surface area (Å²) in [4.78, 5) is 3.35. The van der Waals surface area contributed by atoms with Gasteiger partial charge in [0.15, 0.2) is 0 Å². The molecule has 0 radical (unpaired) electrons. The molecule has 0 spiro atoms. The minimum Gasteiger partial charge on any atom is -1.00 e. The Morgan fingerprint density at radius 1 is 1.36 bits per heavy atom. The highest BCUT2D eigenvalue weighted by Gasteiger charge is 2.51. The second-order valence-electron chi connectivity index (χ2n) is 2.18. The highest BCUT2D eigenvalue weighted by atomic mass is 79.9. The van der Waals surface area contributed by atoms with Crippen LogP contribution >= 0.6 is 0 Å². The molecule has 1 aliphatic rings. The molecular weight excluding hydrogens is 225 g/mol. The van der Waals surface area contributed by atoms with Gasteiger partial charge < -0.3 is 17.0 Å². The van der Waals surface area contributed by atoms with Gasteiger partial charge in [-0.25, -0.2) is 4.99 Å². The van der Waals surface area contributed by atoms with Crippen LogP contribution in [0.25, 0.3) is 0 Å². The molecule has 2 nitrogen and oxygen atoms in total. The third kappa shape index (κ3) is 1.81. The molecule has 0 saturated carbocycles. The van der Waals surface area contributed by atoms with E-state index in [1.165, 1.54) is 0 Å². The second-order valence-corrected chi connectivity index (χ2v) is 2.18. The van der Waals surface area contributed by atoms with Crippen molar-refractivity contribution in [2.45, 2.75) is 6.30 Å². The van der Waals surface area contributed by atoms with E-state index in [0.717, 1.165) is 25.8 Å². The van der Waals surface area contributed by atoms with Gasteiger partial charge in [0, 0.05) is 0 Å². The molecule has 0 aliphatic carbocycles. The molecule has 0 aromatic heterocycles. The van der Waals surface area contributed by atoms with Gasteiger partial charge in [0.05, 0.1) is 13.2 Å². The molecule has 6 heteroatoms. The molecular formula is C5H6BrF3N2. The van der Waals surface area contributed by atoms with Crippen molar-refractivity contribution in [3.63, 3.8) is 0 Å². The largest absolute Gasteiger partial charge is 1.00 e. The molecule has 0 aromatic rings. The Morgan fingerprint density at radius 3 is 2.09 bits per heavy atom. The Labute approximate surface area is 72.4 Å². The average molecular weight is 231 g/mol. The number of alkyl halides is 3. The number of nitrogens with zero attached hydrogens (tertiary/aromatic N) is 2. The van der Waals surface area contributed by atoms with Gasteiger partial charge in [-0.2, -0.15) is 4.48 Å². The number of hydrogen-bond donors (Lipinski definition) is 0. The van der Waals surface area contributed by atoms with E-state index in [2.05, 4.69) is 4.99 Å². The molecule has 0 fully saturated rings. The lowest BCUT2D eigenvalue weighted by molar-refractivity contribution is -0.889. The topological polar surface area (TPSA) is 12.4 Å². The molecule has 0 amide bonds. The van der Waals surface area contributed by atoms with Gasteiger partial charge in [0.1, 0.15) is 6.20 Å². The van der Waals surface area contributed by atoms with Gasteiger partial charge in [0.2, 0.25) is 6.34 Å². The second kappa shape index (κ2) is 2.94. The van der Waals surface area contributed by atoms with Gasteiger partial charge in [0.25, 0.3) is 0 Å². The summed E-state index contributed by atoms with van der Waals surface area (Å²) in [7, 11) is 1.02. The van der Waals surface area contributed by atoms with Crippen molar-refractivity contribution in [1.29, 1.82) is 0 Å². The van der Waals surface area contributed by atoms with E-state index in [9.17, 15) is 13.2 Å². The fourth-order valence-corrected chi connectivity index (χ4v) is 0.542. The minimum atomic E-state index is -4.28. The lowest BCUT2D eigenvalue weighted by Gasteiger charge is -2.22. The molecule has 11 heavy (non-hydrogen) atoms. The Morgan fingerprint density at radius 2 is 1.91 bits per heavy atom. The maximum absolute atomic E-state index is 12.0. The van der Waals surface area contributed by atoms with E-state index in [0.29, 0.717) is 0 Å². The average Bonchev–Trinajstić information content (AvgIpc) is 2.13. The number of quaternary nitrogens is 1. The summed E-state index contributed by atoms with van der Waals surface area (Å²) < 4.78 is 34.7. The molecule has 0 saturated heterocycles. The predicted octanol–water partition coefficient (Wildman–Crippen LogP) is -1.53. The van der Waals surface area contributed by atoms with Crippen molar-refractivity contribution in [2.75, 3.05) is 7.05 Å². The fraction of sp³-hybridized carbons (Fsp3) is 0.400. The van der Waals surface area contributed by atoms with Crippen LogP contribution in [0, 0.1) is 0 Å². The summed E-state index contributed by atoms with van der Waals surface area (Å²) >= 11 is 0. The Balaban J connectivity index is 0.000001000. The van der Waals surface area contributed by atoms with Gasteiger partial charge in [-0.1, -0.05) is 0 Å². The van der Waals surface area contributed by atoms with Crippen molar-refractivity contribution in [3.8, 4) is 0 Å². The van der Waals surface area contributed by atoms with Crippen LogP contribution in [0.1, 0.15) is 0 Å². The molecule has 1 unspecified atom stereocenters. The summed E-state index contributed by atoms with van der Waals surface area (Å²) in [6.45, 7) is 0. The molecule has 1 atom stereocenters. The summed E-state index contributed by atoms with van der Waals surface area (Å²) in [6, 6.07) is 0. The van der Waals surface area contributed by atoms with E-state index in [1.807, 2.05) is 0 Å².